The summed E-state index contributed by atoms with van der Waals surface area (Å²) in [5.41, 5.74) is 6.02. The van der Waals surface area contributed by atoms with Gasteiger partial charge in [-0.1, -0.05) is 12.8 Å². The summed E-state index contributed by atoms with van der Waals surface area (Å²) < 4.78 is 33.4. The van der Waals surface area contributed by atoms with Crippen LogP contribution in [0.15, 0.2) is 0 Å². The summed E-state index contributed by atoms with van der Waals surface area (Å²) in [7, 11) is -3.36. The van der Waals surface area contributed by atoms with E-state index >= 15 is 0 Å². The van der Waals surface area contributed by atoms with Gasteiger partial charge in [0.05, 0.1) is 13.2 Å². The largest absolute Gasteiger partial charge is 0.379 e. The van der Waals surface area contributed by atoms with Gasteiger partial charge in [0, 0.05) is 25.7 Å². The van der Waals surface area contributed by atoms with Gasteiger partial charge >= 0.3 is 0 Å². The molecule has 1 aliphatic heterocycles. The third-order valence-corrected chi connectivity index (χ3v) is 5.38. The predicted octanol–water partition coefficient (Wildman–Crippen LogP) is -0.329. The van der Waals surface area contributed by atoms with Crippen molar-refractivity contribution in [3.63, 3.8) is 0 Å². The van der Waals surface area contributed by atoms with Gasteiger partial charge in [0.1, 0.15) is 0 Å². The van der Waals surface area contributed by atoms with E-state index < -0.39 is 10.2 Å². The van der Waals surface area contributed by atoms with Crippen LogP contribution in [0.4, 0.5) is 0 Å². The Kier molecular flexibility index (Phi) is 4.97. The molecule has 1 saturated heterocycles. The minimum atomic E-state index is -3.36. The number of rotatable bonds is 4. The van der Waals surface area contributed by atoms with E-state index in [1.54, 1.807) is 0 Å². The molecule has 18 heavy (non-hydrogen) atoms. The van der Waals surface area contributed by atoms with E-state index in [1.807, 2.05) is 0 Å². The van der Waals surface area contributed by atoms with Crippen LogP contribution in [0, 0.1) is 5.92 Å². The van der Waals surface area contributed by atoms with Crippen molar-refractivity contribution >= 4 is 10.2 Å². The Labute approximate surface area is 109 Å². The van der Waals surface area contributed by atoms with Crippen molar-refractivity contribution in [3.8, 4) is 0 Å². The van der Waals surface area contributed by atoms with E-state index in [2.05, 4.69) is 4.72 Å². The highest BCUT2D eigenvalue weighted by Crippen LogP contribution is 2.22. The third kappa shape index (κ3) is 3.64. The van der Waals surface area contributed by atoms with E-state index in [0.717, 1.165) is 25.7 Å². The van der Waals surface area contributed by atoms with E-state index in [1.165, 1.54) is 4.31 Å². The number of nitrogens with two attached hydrogens (primary N) is 1. The SMILES string of the molecule is NC1CCCCC1CNS(=O)(=O)N1CCOCC1. The van der Waals surface area contributed by atoms with Gasteiger partial charge in [-0.2, -0.15) is 12.7 Å². The van der Waals surface area contributed by atoms with Crippen LogP contribution >= 0.6 is 0 Å². The standard InChI is InChI=1S/C11H23N3O3S/c12-11-4-2-1-3-10(11)9-13-18(15,16)14-5-7-17-8-6-14/h10-11,13H,1-9,12H2. The Balaban J connectivity index is 1.84. The van der Waals surface area contributed by atoms with Gasteiger partial charge in [0.25, 0.3) is 10.2 Å². The number of nitrogens with one attached hydrogen (secondary N) is 1. The van der Waals surface area contributed by atoms with Crippen LogP contribution in [0.3, 0.4) is 0 Å². The molecule has 6 nitrogen and oxygen atoms in total. The fourth-order valence-electron chi connectivity index (χ4n) is 2.58. The molecule has 1 aliphatic carbocycles. The molecule has 0 radical (unpaired) electrons. The molecule has 0 aromatic carbocycles. The first-order chi connectivity index (χ1) is 8.59. The molecule has 0 bridgehead atoms. The fourth-order valence-corrected chi connectivity index (χ4v) is 3.82. The van der Waals surface area contributed by atoms with Crippen LogP contribution in [0.5, 0.6) is 0 Å². The molecule has 0 aromatic heterocycles. The van der Waals surface area contributed by atoms with E-state index in [0.29, 0.717) is 32.8 Å². The molecule has 7 heteroatoms. The fraction of sp³-hybridized carbons (Fsp3) is 1.00. The Bertz CT molecular complexity index is 355. The lowest BCUT2D eigenvalue weighted by atomic mass is 9.85. The smallest absolute Gasteiger partial charge is 0.279 e. The second kappa shape index (κ2) is 6.29. The van der Waals surface area contributed by atoms with Gasteiger partial charge in [-0.15, -0.1) is 0 Å². The number of hydrogen-bond donors (Lipinski definition) is 2. The molecule has 1 heterocycles. The van der Waals surface area contributed by atoms with Gasteiger partial charge in [-0.25, -0.2) is 4.72 Å². The summed E-state index contributed by atoms with van der Waals surface area (Å²) in [5.74, 6) is 0.273. The topological polar surface area (TPSA) is 84.7 Å². The molecule has 2 unspecified atom stereocenters. The summed E-state index contributed by atoms with van der Waals surface area (Å²) in [6.45, 7) is 2.28. The molecule has 106 valence electrons. The average molecular weight is 277 g/mol. The zero-order valence-electron chi connectivity index (χ0n) is 10.7. The van der Waals surface area contributed by atoms with E-state index in [-0.39, 0.29) is 12.0 Å². The summed E-state index contributed by atoms with van der Waals surface area (Å²) in [6.07, 6.45) is 4.34. The lowest BCUT2D eigenvalue weighted by Gasteiger charge is -2.31. The minimum absolute atomic E-state index is 0.131. The van der Waals surface area contributed by atoms with Crippen LogP contribution in [0.2, 0.25) is 0 Å². The van der Waals surface area contributed by atoms with Crippen molar-refractivity contribution in [2.24, 2.45) is 11.7 Å². The second-order valence-corrected chi connectivity index (χ2v) is 6.83. The lowest BCUT2D eigenvalue weighted by molar-refractivity contribution is 0.0724. The molecule has 2 rings (SSSR count). The summed E-state index contributed by atoms with van der Waals surface area (Å²) >= 11 is 0. The first kappa shape index (κ1) is 14.2. The van der Waals surface area contributed by atoms with Crippen molar-refractivity contribution in [1.82, 2.24) is 9.03 Å². The zero-order chi connectivity index (χ0) is 13.0. The van der Waals surface area contributed by atoms with Crippen molar-refractivity contribution in [2.45, 2.75) is 31.7 Å². The number of morpholine rings is 1. The maximum absolute atomic E-state index is 12.1. The quantitative estimate of drug-likeness (QED) is 0.737. The van der Waals surface area contributed by atoms with Crippen molar-refractivity contribution in [3.05, 3.63) is 0 Å². The Morgan fingerprint density at radius 3 is 2.56 bits per heavy atom. The van der Waals surface area contributed by atoms with Crippen molar-refractivity contribution < 1.29 is 13.2 Å². The van der Waals surface area contributed by atoms with Gasteiger partial charge in [-0.3, -0.25) is 0 Å². The minimum Gasteiger partial charge on any atom is -0.379 e. The summed E-state index contributed by atoms with van der Waals surface area (Å²) in [4.78, 5) is 0. The number of hydrogen-bond acceptors (Lipinski definition) is 4. The first-order valence-electron chi connectivity index (χ1n) is 6.67. The number of nitrogens with zero attached hydrogens (tertiary/aromatic N) is 1. The van der Waals surface area contributed by atoms with Crippen LogP contribution in [-0.2, 0) is 14.9 Å². The number of ether oxygens (including phenoxy) is 1. The Morgan fingerprint density at radius 1 is 1.22 bits per heavy atom. The van der Waals surface area contributed by atoms with E-state index in [9.17, 15) is 8.42 Å². The molecule has 1 saturated carbocycles. The monoisotopic (exact) mass is 277 g/mol. The molecule has 0 aromatic rings. The van der Waals surface area contributed by atoms with Crippen LogP contribution < -0.4 is 10.5 Å². The van der Waals surface area contributed by atoms with Crippen LogP contribution in [0.1, 0.15) is 25.7 Å². The Hall–Kier alpha value is -0.210. The molecule has 0 spiro atoms. The molecule has 2 atom stereocenters. The first-order valence-corrected chi connectivity index (χ1v) is 8.11. The average Bonchev–Trinajstić information content (AvgIpc) is 2.39. The van der Waals surface area contributed by atoms with Crippen molar-refractivity contribution in [1.29, 1.82) is 0 Å². The predicted molar refractivity (Wildman–Crippen MR) is 69.2 cm³/mol. The highest BCUT2D eigenvalue weighted by atomic mass is 32.2. The molecule has 0 amide bonds. The lowest BCUT2D eigenvalue weighted by Crippen LogP contribution is -2.49. The summed E-state index contributed by atoms with van der Waals surface area (Å²) in [6, 6.07) is 0.131. The Morgan fingerprint density at radius 2 is 1.89 bits per heavy atom. The van der Waals surface area contributed by atoms with Gasteiger partial charge in [-0.05, 0) is 18.8 Å². The van der Waals surface area contributed by atoms with Crippen LogP contribution in [-0.4, -0.2) is 51.6 Å². The zero-order valence-corrected chi connectivity index (χ0v) is 11.5. The molecular weight excluding hydrogens is 254 g/mol. The highest BCUT2D eigenvalue weighted by molar-refractivity contribution is 7.87. The second-order valence-electron chi connectivity index (χ2n) is 5.07. The highest BCUT2D eigenvalue weighted by Gasteiger charge is 2.27. The maximum Gasteiger partial charge on any atom is 0.279 e. The molecule has 2 aliphatic rings. The molecular formula is C11H23N3O3S. The van der Waals surface area contributed by atoms with Gasteiger partial charge < -0.3 is 10.5 Å². The van der Waals surface area contributed by atoms with Gasteiger partial charge in [0.15, 0.2) is 0 Å². The third-order valence-electron chi connectivity index (χ3n) is 3.81. The molecule has 3 N–H and O–H groups in total. The van der Waals surface area contributed by atoms with Gasteiger partial charge in [0.2, 0.25) is 0 Å². The molecule has 2 fully saturated rings. The normalized spacial score (nSPS) is 31.4. The van der Waals surface area contributed by atoms with E-state index in [4.69, 9.17) is 10.5 Å². The van der Waals surface area contributed by atoms with Crippen molar-refractivity contribution in [2.75, 3.05) is 32.8 Å². The maximum atomic E-state index is 12.1. The van der Waals surface area contributed by atoms with Crippen LogP contribution in [0.25, 0.3) is 0 Å². The summed E-state index contributed by atoms with van der Waals surface area (Å²) in [5, 5.41) is 0.